The van der Waals surface area contributed by atoms with E-state index in [0.717, 1.165) is 32.5 Å². The number of carbonyl (C=O) groups excluding carboxylic acids is 1. The lowest BCUT2D eigenvalue weighted by atomic mass is 9.80. The zero-order valence-corrected chi connectivity index (χ0v) is 10.5. The van der Waals surface area contributed by atoms with Crippen LogP contribution < -0.4 is 5.73 Å². The Kier molecular flexibility index (Phi) is 3.24. The number of carbonyl (C=O) groups is 1. The quantitative estimate of drug-likeness (QED) is 0.792. The van der Waals surface area contributed by atoms with Crippen molar-refractivity contribution < 1.29 is 4.79 Å². The van der Waals surface area contributed by atoms with Gasteiger partial charge in [0.1, 0.15) is 0 Å². The van der Waals surface area contributed by atoms with E-state index in [1.54, 1.807) is 0 Å². The highest BCUT2D eigenvalue weighted by Gasteiger charge is 2.37. The number of nitrogens with zero attached hydrogens (tertiary/aromatic N) is 1. The smallest absolute Gasteiger partial charge is 0.225 e. The third-order valence-electron chi connectivity index (χ3n) is 4.49. The minimum Gasteiger partial charge on any atom is -0.342 e. The van der Waals surface area contributed by atoms with E-state index in [1.165, 1.54) is 12.8 Å². The summed E-state index contributed by atoms with van der Waals surface area (Å²) in [4.78, 5) is 14.2. The summed E-state index contributed by atoms with van der Waals surface area (Å²) in [6, 6.07) is 0. The lowest BCUT2D eigenvalue weighted by molar-refractivity contribution is -0.137. The number of likely N-dealkylation sites (tertiary alicyclic amines) is 1. The second-order valence-corrected chi connectivity index (χ2v) is 5.97. The van der Waals surface area contributed by atoms with E-state index in [9.17, 15) is 4.79 Å². The Morgan fingerprint density at radius 3 is 2.44 bits per heavy atom. The maximum atomic E-state index is 12.2. The van der Waals surface area contributed by atoms with Gasteiger partial charge in [-0.2, -0.15) is 0 Å². The predicted octanol–water partition coefficient (Wildman–Crippen LogP) is 1.62. The third kappa shape index (κ3) is 2.40. The molecule has 3 nitrogen and oxygen atoms in total. The molecule has 1 unspecified atom stereocenters. The van der Waals surface area contributed by atoms with E-state index in [-0.39, 0.29) is 11.3 Å². The van der Waals surface area contributed by atoms with E-state index >= 15 is 0 Å². The van der Waals surface area contributed by atoms with Crippen molar-refractivity contribution in [1.82, 2.24) is 4.90 Å². The second kappa shape index (κ2) is 4.36. The van der Waals surface area contributed by atoms with Crippen molar-refractivity contribution in [2.24, 2.45) is 23.0 Å². The molecule has 2 fully saturated rings. The maximum absolute atomic E-state index is 12.2. The minimum atomic E-state index is 0.252. The molecule has 1 saturated carbocycles. The van der Waals surface area contributed by atoms with Crippen molar-refractivity contribution in [3.8, 4) is 0 Å². The van der Waals surface area contributed by atoms with Crippen molar-refractivity contribution in [3.63, 3.8) is 0 Å². The Hall–Kier alpha value is -0.570. The monoisotopic (exact) mass is 224 g/mol. The Bertz CT molecular complexity index is 265. The molecule has 3 heteroatoms. The molecule has 16 heavy (non-hydrogen) atoms. The Morgan fingerprint density at radius 2 is 2.00 bits per heavy atom. The number of hydrogen-bond donors (Lipinski definition) is 1. The van der Waals surface area contributed by atoms with Gasteiger partial charge in [-0.1, -0.05) is 13.8 Å². The fraction of sp³-hybridized carbons (Fsp3) is 0.923. The summed E-state index contributed by atoms with van der Waals surface area (Å²) in [5, 5.41) is 0. The number of rotatable bonds is 3. The summed E-state index contributed by atoms with van der Waals surface area (Å²) in [6.45, 7) is 6.89. The average molecular weight is 224 g/mol. The second-order valence-electron chi connectivity index (χ2n) is 5.97. The topological polar surface area (TPSA) is 46.3 Å². The summed E-state index contributed by atoms with van der Waals surface area (Å²) in [5.41, 5.74) is 6.04. The average Bonchev–Trinajstić information content (AvgIpc) is 3.12. The molecule has 2 aliphatic rings. The van der Waals surface area contributed by atoms with Crippen LogP contribution in [-0.2, 0) is 4.79 Å². The number of hydrogen-bond acceptors (Lipinski definition) is 2. The van der Waals surface area contributed by atoms with Crippen LogP contribution in [-0.4, -0.2) is 30.4 Å². The molecule has 0 aromatic rings. The van der Waals surface area contributed by atoms with E-state index in [4.69, 9.17) is 5.73 Å². The largest absolute Gasteiger partial charge is 0.342 e. The van der Waals surface area contributed by atoms with Crippen LogP contribution in [0.4, 0.5) is 0 Å². The van der Waals surface area contributed by atoms with Gasteiger partial charge in [0.05, 0.1) is 0 Å². The van der Waals surface area contributed by atoms with Crippen molar-refractivity contribution in [2.75, 3.05) is 19.6 Å². The Balaban J connectivity index is 1.86. The molecule has 0 aromatic carbocycles. The Labute approximate surface area is 98.4 Å². The van der Waals surface area contributed by atoms with E-state index < -0.39 is 0 Å². The van der Waals surface area contributed by atoms with Crippen LogP contribution in [0.3, 0.4) is 0 Å². The molecule has 0 radical (unpaired) electrons. The SMILES string of the molecule is CC(C(=O)N1CCC(C)(CN)CC1)C1CC1. The van der Waals surface area contributed by atoms with Gasteiger partial charge in [0.2, 0.25) is 5.91 Å². The van der Waals surface area contributed by atoms with Gasteiger partial charge in [-0.05, 0) is 43.6 Å². The standard InChI is InChI=1S/C13H24N2O/c1-10(11-3-4-11)12(16)15-7-5-13(2,9-14)6-8-15/h10-11H,3-9,14H2,1-2H3. The molecule has 1 heterocycles. The minimum absolute atomic E-state index is 0.252. The fourth-order valence-electron chi connectivity index (χ4n) is 2.56. The van der Waals surface area contributed by atoms with Gasteiger partial charge in [-0.15, -0.1) is 0 Å². The fourth-order valence-corrected chi connectivity index (χ4v) is 2.56. The first-order chi connectivity index (χ1) is 7.56. The molecular formula is C13H24N2O. The molecule has 0 spiro atoms. The molecular weight excluding hydrogens is 200 g/mol. The number of amides is 1. The summed E-state index contributed by atoms with van der Waals surface area (Å²) >= 11 is 0. The first-order valence-corrected chi connectivity index (χ1v) is 6.54. The van der Waals surface area contributed by atoms with Crippen LogP contribution >= 0.6 is 0 Å². The molecule has 2 rings (SSSR count). The van der Waals surface area contributed by atoms with Gasteiger partial charge in [0.25, 0.3) is 0 Å². The van der Waals surface area contributed by atoms with E-state index in [2.05, 4.69) is 18.7 Å². The van der Waals surface area contributed by atoms with Gasteiger partial charge in [-0.25, -0.2) is 0 Å². The molecule has 1 atom stereocenters. The lowest BCUT2D eigenvalue weighted by Gasteiger charge is -2.39. The predicted molar refractivity (Wildman–Crippen MR) is 64.9 cm³/mol. The Morgan fingerprint density at radius 1 is 1.44 bits per heavy atom. The van der Waals surface area contributed by atoms with Crippen molar-refractivity contribution >= 4 is 5.91 Å². The normalized spacial score (nSPS) is 26.6. The lowest BCUT2D eigenvalue weighted by Crippen LogP contribution is -2.46. The highest BCUT2D eigenvalue weighted by atomic mass is 16.2. The van der Waals surface area contributed by atoms with Gasteiger partial charge in [0, 0.05) is 19.0 Å². The zero-order valence-electron chi connectivity index (χ0n) is 10.5. The van der Waals surface area contributed by atoms with Crippen molar-refractivity contribution in [1.29, 1.82) is 0 Å². The zero-order chi connectivity index (χ0) is 11.8. The highest BCUT2D eigenvalue weighted by Crippen LogP contribution is 2.38. The summed E-state index contributed by atoms with van der Waals surface area (Å²) in [5.74, 6) is 1.30. The number of piperidine rings is 1. The first kappa shape index (κ1) is 11.9. The molecule has 2 N–H and O–H groups in total. The van der Waals surface area contributed by atoms with Crippen molar-refractivity contribution in [3.05, 3.63) is 0 Å². The van der Waals surface area contributed by atoms with Gasteiger partial charge in [-0.3, -0.25) is 4.79 Å². The van der Waals surface area contributed by atoms with Crippen LogP contribution in [0.15, 0.2) is 0 Å². The van der Waals surface area contributed by atoms with Crippen LogP contribution in [0.1, 0.15) is 39.5 Å². The molecule has 0 bridgehead atoms. The highest BCUT2D eigenvalue weighted by molar-refractivity contribution is 5.79. The van der Waals surface area contributed by atoms with Crippen molar-refractivity contribution in [2.45, 2.75) is 39.5 Å². The molecule has 1 aliphatic heterocycles. The summed E-state index contributed by atoms with van der Waals surface area (Å²) < 4.78 is 0. The first-order valence-electron chi connectivity index (χ1n) is 6.54. The number of nitrogens with two attached hydrogens (primary N) is 1. The molecule has 92 valence electrons. The molecule has 1 amide bonds. The molecule has 1 saturated heterocycles. The molecule has 0 aromatic heterocycles. The molecule has 1 aliphatic carbocycles. The van der Waals surface area contributed by atoms with Crippen LogP contribution in [0.5, 0.6) is 0 Å². The van der Waals surface area contributed by atoms with Gasteiger partial charge in [0.15, 0.2) is 0 Å². The van der Waals surface area contributed by atoms with Crippen LogP contribution in [0.25, 0.3) is 0 Å². The van der Waals surface area contributed by atoms with E-state index in [1.807, 2.05) is 0 Å². The van der Waals surface area contributed by atoms with Gasteiger partial charge < -0.3 is 10.6 Å². The van der Waals surface area contributed by atoms with Crippen LogP contribution in [0.2, 0.25) is 0 Å². The third-order valence-corrected chi connectivity index (χ3v) is 4.49. The summed E-state index contributed by atoms with van der Waals surface area (Å²) in [6.07, 6.45) is 4.63. The van der Waals surface area contributed by atoms with Crippen LogP contribution in [0, 0.1) is 17.3 Å². The van der Waals surface area contributed by atoms with Gasteiger partial charge >= 0.3 is 0 Å². The maximum Gasteiger partial charge on any atom is 0.225 e. The summed E-state index contributed by atoms with van der Waals surface area (Å²) in [7, 11) is 0. The van der Waals surface area contributed by atoms with E-state index in [0.29, 0.717) is 11.8 Å².